The molecule has 1 aromatic heterocycles. The third-order valence-electron chi connectivity index (χ3n) is 5.79. The predicted molar refractivity (Wildman–Crippen MR) is 121 cm³/mol. The van der Waals surface area contributed by atoms with Gasteiger partial charge in [-0.2, -0.15) is 17.9 Å². The third kappa shape index (κ3) is 5.74. The molecule has 1 N–H and O–H groups in total. The molecule has 0 aliphatic carbocycles. The zero-order chi connectivity index (χ0) is 23.4. The van der Waals surface area contributed by atoms with Gasteiger partial charge in [0.2, 0.25) is 0 Å². The summed E-state index contributed by atoms with van der Waals surface area (Å²) in [5.41, 5.74) is 0.819. The zero-order valence-electron chi connectivity index (χ0n) is 18.3. The quantitative estimate of drug-likeness (QED) is 0.654. The van der Waals surface area contributed by atoms with Crippen molar-refractivity contribution >= 4 is 29.5 Å². The van der Waals surface area contributed by atoms with Gasteiger partial charge in [-0.15, -0.1) is 5.10 Å². The molecule has 12 heteroatoms. The van der Waals surface area contributed by atoms with Gasteiger partial charge in [-0.1, -0.05) is 18.0 Å². The number of amides is 1. The molecule has 2 aliphatic heterocycles. The highest BCUT2D eigenvalue weighted by Crippen LogP contribution is 2.34. The van der Waals surface area contributed by atoms with Gasteiger partial charge in [0, 0.05) is 70.0 Å². The molecule has 4 rings (SSSR count). The molecule has 2 fully saturated rings. The minimum Gasteiger partial charge on any atom is -0.378 e. The molecule has 0 radical (unpaired) electrons. The Labute approximate surface area is 194 Å². The highest BCUT2D eigenvalue weighted by molar-refractivity contribution is 7.99. The number of carbonyl (C=O) groups is 1. The SMILES string of the molecule is CSNc1ccn(C(=O)N2CCN(Cc3ccc(C(F)(F)F)cc3N3CCOCC3)CC2)n1. The highest BCUT2D eigenvalue weighted by atomic mass is 32.2. The number of anilines is 2. The minimum absolute atomic E-state index is 0.188. The Morgan fingerprint density at radius 2 is 1.85 bits per heavy atom. The standard InChI is InChI=1S/C21H27F3N6O2S/c1-33-26-19-4-5-30(25-19)20(31)29-8-6-27(7-9-29)15-16-2-3-17(21(22,23)24)14-18(16)28-10-12-32-13-11-28/h2-5,14H,6-13,15H2,1H3,(H,25,26). The van der Waals surface area contributed by atoms with Crippen LogP contribution in [0.1, 0.15) is 11.1 Å². The van der Waals surface area contributed by atoms with Gasteiger partial charge in [-0.3, -0.25) is 4.90 Å². The largest absolute Gasteiger partial charge is 0.416 e. The summed E-state index contributed by atoms with van der Waals surface area (Å²) >= 11 is 1.40. The topological polar surface area (TPSA) is 65.9 Å². The first-order chi connectivity index (χ1) is 15.8. The molecule has 0 atom stereocenters. The summed E-state index contributed by atoms with van der Waals surface area (Å²) in [6.45, 7) is 4.96. The number of morpholine rings is 1. The number of aromatic nitrogens is 2. The van der Waals surface area contributed by atoms with Crippen molar-refractivity contribution in [1.29, 1.82) is 0 Å². The maximum atomic E-state index is 13.3. The molecule has 0 spiro atoms. The van der Waals surface area contributed by atoms with Crippen LogP contribution in [-0.2, 0) is 17.5 Å². The van der Waals surface area contributed by atoms with E-state index in [1.54, 1.807) is 23.2 Å². The lowest BCUT2D eigenvalue weighted by molar-refractivity contribution is -0.137. The van der Waals surface area contributed by atoms with Crippen molar-refractivity contribution < 1.29 is 22.7 Å². The van der Waals surface area contributed by atoms with Crippen molar-refractivity contribution in [2.45, 2.75) is 12.7 Å². The first-order valence-corrected chi connectivity index (χ1v) is 12.0. The third-order valence-corrected chi connectivity index (χ3v) is 6.21. The maximum absolute atomic E-state index is 13.3. The van der Waals surface area contributed by atoms with Crippen molar-refractivity contribution in [3.05, 3.63) is 41.6 Å². The van der Waals surface area contributed by atoms with Gasteiger partial charge in [0.25, 0.3) is 0 Å². The van der Waals surface area contributed by atoms with Crippen molar-refractivity contribution in [2.24, 2.45) is 0 Å². The summed E-state index contributed by atoms with van der Waals surface area (Å²) in [6, 6.07) is 5.53. The van der Waals surface area contributed by atoms with Crippen LogP contribution >= 0.6 is 11.9 Å². The van der Waals surface area contributed by atoms with E-state index in [-0.39, 0.29) is 6.03 Å². The molecule has 8 nitrogen and oxygen atoms in total. The number of alkyl halides is 3. The normalized spacial score (nSPS) is 17.9. The lowest BCUT2D eigenvalue weighted by atomic mass is 10.1. The zero-order valence-corrected chi connectivity index (χ0v) is 19.2. The number of nitrogens with zero attached hydrogens (tertiary/aromatic N) is 5. The Morgan fingerprint density at radius 3 is 2.52 bits per heavy atom. The van der Waals surface area contributed by atoms with Crippen LogP contribution in [0.5, 0.6) is 0 Å². The Balaban J connectivity index is 1.41. The van der Waals surface area contributed by atoms with Gasteiger partial charge < -0.3 is 19.3 Å². The van der Waals surface area contributed by atoms with Crippen LogP contribution in [-0.4, -0.2) is 84.3 Å². The van der Waals surface area contributed by atoms with Crippen LogP contribution in [0.3, 0.4) is 0 Å². The number of ether oxygens (including phenoxy) is 1. The fraction of sp³-hybridized carbons (Fsp3) is 0.524. The number of carbonyl (C=O) groups excluding carboxylic acids is 1. The molecule has 180 valence electrons. The molecule has 3 heterocycles. The average Bonchev–Trinajstić information content (AvgIpc) is 3.28. The van der Waals surface area contributed by atoms with E-state index < -0.39 is 11.7 Å². The number of hydrogen-bond donors (Lipinski definition) is 1. The lowest BCUT2D eigenvalue weighted by Gasteiger charge is -2.36. The molecule has 0 saturated carbocycles. The second-order valence-corrected chi connectivity index (χ2v) is 8.55. The summed E-state index contributed by atoms with van der Waals surface area (Å²) in [5.74, 6) is 0.618. The molecule has 1 amide bonds. The molecule has 33 heavy (non-hydrogen) atoms. The van der Waals surface area contributed by atoms with E-state index in [4.69, 9.17) is 4.74 Å². The van der Waals surface area contributed by atoms with Crippen LogP contribution < -0.4 is 9.62 Å². The van der Waals surface area contributed by atoms with E-state index in [1.807, 2.05) is 11.2 Å². The Hall–Kier alpha value is -2.44. The Kier molecular flexibility index (Phi) is 7.35. The van der Waals surface area contributed by atoms with Crippen LogP contribution in [0.25, 0.3) is 0 Å². The Bertz CT molecular complexity index is 956. The van der Waals surface area contributed by atoms with Crippen molar-refractivity contribution in [1.82, 2.24) is 19.6 Å². The van der Waals surface area contributed by atoms with Crippen LogP contribution in [0.4, 0.5) is 29.5 Å². The molecule has 2 saturated heterocycles. The van der Waals surface area contributed by atoms with Crippen molar-refractivity contribution in [3.63, 3.8) is 0 Å². The highest BCUT2D eigenvalue weighted by Gasteiger charge is 2.32. The number of nitrogens with one attached hydrogen (secondary N) is 1. The van der Waals surface area contributed by atoms with E-state index >= 15 is 0 Å². The molecular weight excluding hydrogens is 457 g/mol. The summed E-state index contributed by atoms with van der Waals surface area (Å²) in [4.78, 5) is 18.6. The number of rotatable bonds is 5. The van der Waals surface area contributed by atoms with Gasteiger partial charge in [0.1, 0.15) is 0 Å². The average molecular weight is 485 g/mol. The minimum atomic E-state index is -4.39. The molecule has 0 unspecified atom stereocenters. The van der Waals surface area contributed by atoms with E-state index in [9.17, 15) is 18.0 Å². The van der Waals surface area contributed by atoms with E-state index in [0.717, 1.165) is 11.6 Å². The van der Waals surface area contributed by atoms with Gasteiger partial charge in [0.15, 0.2) is 5.82 Å². The molecule has 2 aromatic rings. The number of halogens is 3. The Morgan fingerprint density at radius 1 is 1.12 bits per heavy atom. The van der Waals surface area contributed by atoms with E-state index in [0.29, 0.717) is 70.5 Å². The fourth-order valence-electron chi connectivity index (χ4n) is 4.05. The van der Waals surface area contributed by atoms with Gasteiger partial charge >= 0.3 is 12.2 Å². The number of benzene rings is 1. The summed E-state index contributed by atoms with van der Waals surface area (Å²) in [7, 11) is 0. The summed E-state index contributed by atoms with van der Waals surface area (Å²) in [6.07, 6.45) is -0.880. The second-order valence-electron chi connectivity index (χ2n) is 7.94. The van der Waals surface area contributed by atoms with Crippen molar-refractivity contribution in [3.8, 4) is 0 Å². The fourth-order valence-corrected chi connectivity index (χ4v) is 4.36. The number of hydrogen-bond acceptors (Lipinski definition) is 7. The van der Waals surface area contributed by atoms with Crippen molar-refractivity contribution in [2.75, 3.05) is 68.4 Å². The van der Waals surface area contributed by atoms with Gasteiger partial charge in [-0.05, 0) is 17.7 Å². The van der Waals surface area contributed by atoms with E-state index in [2.05, 4.69) is 14.7 Å². The van der Waals surface area contributed by atoms with Crippen LogP contribution in [0.2, 0.25) is 0 Å². The predicted octanol–water partition coefficient (Wildman–Crippen LogP) is 3.21. The second kappa shape index (κ2) is 10.2. The van der Waals surface area contributed by atoms with Gasteiger partial charge in [-0.25, -0.2) is 4.79 Å². The summed E-state index contributed by atoms with van der Waals surface area (Å²) < 4.78 is 49.7. The summed E-state index contributed by atoms with van der Waals surface area (Å²) in [5, 5.41) is 4.23. The first kappa shape index (κ1) is 23.7. The lowest BCUT2D eigenvalue weighted by Crippen LogP contribution is -2.49. The maximum Gasteiger partial charge on any atom is 0.416 e. The number of piperazine rings is 1. The van der Waals surface area contributed by atoms with Crippen LogP contribution in [0, 0.1) is 0 Å². The molecular formula is C21H27F3N6O2S. The monoisotopic (exact) mass is 484 g/mol. The molecule has 1 aromatic carbocycles. The van der Waals surface area contributed by atoms with Gasteiger partial charge in [0.05, 0.1) is 18.8 Å². The first-order valence-electron chi connectivity index (χ1n) is 10.7. The molecule has 0 bridgehead atoms. The van der Waals surface area contributed by atoms with E-state index in [1.165, 1.54) is 22.7 Å². The smallest absolute Gasteiger partial charge is 0.378 e. The van der Waals surface area contributed by atoms with Crippen LogP contribution in [0.15, 0.2) is 30.5 Å². The molecule has 2 aliphatic rings.